The number of nitrogens with zero attached hydrogens (tertiary/aromatic N) is 1. The Morgan fingerprint density at radius 2 is 2.14 bits per heavy atom. The minimum absolute atomic E-state index is 0.0811. The average Bonchev–Trinajstić information content (AvgIpc) is 3.18. The van der Waals surface area contributed by atoms with Crippen LogP contribution in [0.3, 0.4) is 0 Å². The van der Waals surface area contributed by atoms with E-state index in [4.69, 9.17) is 4.74 Å². The molecule has 28 heavy (non-hydrogen) atoms. The van der Waals surface area contributed by atoms with Crippen molar-refractivity contribution in [3.8, 4) is 5.75 Å². The summed E-state index contributed by atoms with van der Waals surface area (Å²) in [5, 5.41) is 18.1. The first-order valence-electron chi connectivity index (χ1n) is 8.70. The van der Waals surface area contributed by atoms with Gasteiger partial charge in [-0.15, -0.1) is 11.3 Å². The standard InChI is InChI=1S/C18H22N4O4S2/c1-18(2,3)26-16(24)22-15-20-11(9-27-15)8-19-7-6-10-4-5-12(23)13-14(10)28-17(25)21-13/h4-5,9,19,23H,6-8H2,1-3H3,(H,21,25)(H,20,22,24). The van der Waals surface area contributed by atoms with E-state index in [2.05, 4.69) is 20.6 Å². The molecule has 3 aromatic rings. The fraction of sp³-hybridized carbons (Fsp3) is 0.389. The van der Waals surface area contributed by atoms with E-state index in [-0.39, 0.29) is 10.6 Å². The number of thiazole rings is 2. The molecule has 10 heteroatoms. The van der Waals surface area contributed by atoms with Crippen molar-refractivity contribution in [3.63, 3.8) is 0 Å². The molecule has 8 nitrogen and oxygen atoms in total. The lowest BCUT2D eigenvalue weighted by Crippen LogP contribution is -2.27. The number of nitrogens with one attached hydrogen (secondary N) is 3. The summed E-state index contributed by atoms with van der Waals surface area (Å²) < 4.78 is 5.98. The highest BCUT2D eigenvalue weighted by molar-refractivity contribution is 7.16. The third-order valence-electron chi connectivity index (χ3n) is 3.68. The number of carbonyl (C=O) groups is 1. The maximum Gasteiger partial charge on any atom is 0.413 e. The van der Waals surface area contributed by atoms with Crippen molar-refractivity contribution in [2.24, 2.45) is 0 Å². The van der Waals surface area contributed by atoms with Gasteiger partial charge < -0.3 is 20.1 Å². The molecule has 0 aliphatic rings. The molecular weight excluding hydrogens is 400 g/mol. The van der Waals surface area contributed by atoms with Crippen LogP contribution in [0.25, 0.3) is 10.2 Å². The van der Waals surface area contributed by atoms with Gasteiger partial charge in [0.25, 0.3) is 0 Å². The van der Waals surface area contributed by atoms with Gasteiger partial charge in [0.05, 0.1) is 10.4 Å². The molecule has 0 aliphatic heterocycles. The van der Waals surface area contributed by atoms with Crippen LogP contribution in [0.5, 0.6) is 5.75 Å². The number of aromatic hydroxyl groups is 1. The first-order valence-corrected chi connectivity index (χ1v) is 10.4. The second-order valence-corrected chi connectivity index (χ2v) is 9.00. The number of aromatic amines is 1. The largest absolute Gasteiger partial charge is 0.506 e. The lowest BCUT2D eigenvalue weighted by Gasteiger charge is -2.18. The van der Waals surface area contributed by atoms with Gasteiger partial charge in [-0.25, -0.2) is 9.78 Å². The van der Waals surface area contributed by atoms with Gasteiger partial charge in [-0.1, -0.05) is 17.4 Å². The molecule has 0 aliphatic carbocycles. The van der Waals surface area contributed by atoms with E-state index in [1.54, 1.807) is 26.8 Å². The highest BCUT2D eigenvalue weighted by Gasteiger charge is 2.17. The van der Waals surface area contributed by atoms with E-state index >= 15 is 0 Å². The topological polar surface area (TPSA) is 116 Å². The van der Waals surface area contributed by atoms with E-state index in [1.807, 2.05) is 11.4 Å². The Kier molecular flexibility index (Phi) is 6.01. The van der Waals surface area contributed by atoms with Crippen LogP contribution in [-0.2, 0) is 17.7 Å². The molecule has 1 amide bonds. The van der Waals surface area contributed by atoms with Gasteiger partial charge in [-0.3, -0.25) is 10.1 Å². The van der Waals surface area contributed by atoms with E-state index in [9.17, 15) is 14.7 Å². The summed E-state index contributed by atoms with van der Waals surface area (Å²) in [5.74, 6) is 0.0811. The Balaban J connectivity index is 1.50. The van der Waals surface area contributed by atoms with E-state index < -0.39 is 11.7 Å². The zero-order chi connectivity index (χ0) is 20.3. The summed E-state index contributed by atoms with van der Waals surface area (Å²) in [6.07, 6.45) is 0.181. The van der Waals surface area contributed by atoms with Crippen LogP contribution in [0, 0.1) is 0 Å². The number of carbonyl (C=O) groups excluding carboxylic acids is 1. The normalized spacial score (nSPS) is 11.7. The molecule has 0 fully saturated rings. The van der Waals surface area contributed by atoms with Crippen LogP contribution in [0.1, 0.15) is 32.0 Å². The number of fused-ring (bicyclic) bond motifs is 1. The Bertz CT molecular complexity index is 1030. The molecule has 4 N–H and O–H groups in total. The molecule has 0 saturated carbocycles. The van der Waals surface area contributed by atoms with Crippen molar-refractivity contribution in [2.75, 3.05) is 11.9 Å². The van der Waals surface area contributed by atoms with Gasteiger partial charge in [0.15, 0.2) is 5.13 Å². The fourth-order valence-electron chi connectivity index (χ4n) is 2.55. The van der Waals surface area contributed by atoms with Gasteiger partial charge in [-0.05, 0) is 45.4 Å². The number of phenolic OH excluding ortho intramolecular Hbond substituents is 1. The average molecular weight is 423 g/mol. The Morgan fingerprint density at radius 3 is 2.89 bits per heavy atom. The number of phenols is 1. The number of aromatic nitrogens is 2. The Labute approximate surface area is 169 Å². The number of hydrogen-bond acceptors (Lipinski definition) is 8. The predicted molar refractivity (Wildman–Crippen MR) is 111 cm³/mol. The van der Waals surface area contributed by atoms with Crippen molar-refractivity contribution in [1.82, 2.24) is 15.3 Å². The molecular formula is C18H22N4O4S2. The van der Waals surface area contributed by atoms with Crippen LogP contribution in [0.4, 0.5) is 9.93 Å². The monoisotopic (exact) mass is 422 g/mol. The third kappa shape index (κ3) is 5.31. The van der Waals surface area contributed by atoms with Gasteiger partial charge >= 0.3 is 11.0 Å². The molecule has 3 rings (SSSR count). The van der Waals surface area contributed by atoms with Crippen LogP contribution < -0.4 is 15.5 Å². The van der Waals surface area contributed by atoms with Gasteiger partial charge in [-0.2, -0.15) is 0 Å². The molecule has 0 spiro atoms. The highest BCUT2D eigenvalue weighted by Crippen LogP contribution is 2.27. The molecule has 150 valence electrons. The van der Waals surface area contributed by atoms with Gasteiger partial charge in [0.1, 0.15) is 16.9 Å². The smallest absolute Gasteiger partial charge is 0.413 e. The summed E-state index contributed by atoms with van der Waals surface area (Å²) >= 11 is 2.43. The lowest BCUT2D eigenvalue weighted by atomic mass is 10.1. The quantitative estimate of drug-likeness (QED) is 0.452. The van der Waals surface area contributed by atoms with Crippen molar-refractivity contribution >= 4 is 44.1 Å². The minimum atomic E-state index is -0.557. The summed E-state index contributed by atoms with van der Waals surface area (Å²) in [7, 11) is 0. The van der Waals surface area contributed by atoms with Crippen molar-refractivity contribution in [3.05, 3.63) is 38.4 Å². The first-order chi connectivity index (χ1) is 13.2. The Hall–Kier alpha value is -2.43. The molecule has 0 saturated heterocycles. The molecule has 0 bridgehead atoms. The number of hydrogen-bond donors (Lipinski definition) is 4. The maximum absolute atomic E-state index is 11.8. The second-order valence-electron chi connectivity index (χ2n) is 7.16. The number of anilines is 1. The number of ether oxygens (including phenoxy) is 1. The molecule has 0 atom stereocenters. The summed E-state index contributed by atoms with van der Waals surface area (Å²) in [5.41, 5.74) is 1.75. The predicted octanol–water partition coefficient (Wildman–Crippen LogP) is 3.43. The molecule has 2 heterocycles. The molecule has 0 radical (unpaired) electrons. The number of rotatable bonds is 6. The molecule has 0 unspecified atom stereocenters. The van der Waals surface area contributed by atoms with Crippen LogP contribution in [0.15, 0.2) is 22.3 Å². The minimum Gasteiger partial charge on any atom is -0.506 e. The van der Waals surface area contributed by atoms with Gasteiger partial charge in [0.2, 0.25) is 0 Å². The van der Waals surface area contributed by atoms with Gasteiger partial charge in [0, 0.05) is 11.9 Å². The molecule has 1 aromatic carbocycles. The van der Waals surface area contributed by atoms with Crippen LogP contribution >= 0.6 is 22.7 Å². The second kappa shape index (κ2) is 8.29. The Morgan fingerprint density at radius 1 is 1.36 bits per heavy atom. The summed E-state index contributed by atoms with van der Waals surface area (Å²) in [6, 6.07) is 3.42. The number of benzene rings is 1. The lowest BCUT2D eigenvalue weighted by molar-refractivity contribution is 0.0636. The van der Waals surface area contributed by atoms with E-state index in [0.29, 0.717) is 30.2 Å². The van der Waals surface area contributed by atoms with E-state index in [0.717, 1.165) is 27.3 Å². The summed E-state index contributed by atoms with van der Waals surface area (Å²) in [4.78, 5) is 30.1. The van der Waals surface area contributed by atoms with E-state index in [1.165, 1.54) is 11.3 Å². The maximum atomic E-state index is 11.8. The van der Waals surface area contributed by atoms with Crippen molar-refractivity contribution in [1.29, 1.82) is 0 Å². The fourth-order valence-corrected chi connectivity index (χ4v) is 4.14. The van der Waals surface area contributed by atoms with Crippen molar-refractivity contribution in [2.45, 2.75) is 39.3 Å². The van der Waals surface area contributed by atoms with Crippen molar-refractivity contribution < 1.29 is 14.6 Å². The first kappa shape index (κ1) is 20.3. The number of H-pyrrole nitrogens is 1. The molecule has 2 aromatic heterocycles. The third-order valence-corrected chi connectivity index (χ3v) is 5.44. The zero-order valence-corrected chi connectivity index (χ0v) is 17.4. The SMILES string of the molecule is CC(C)(C)OC(=O)Nc1nc(CNCCc2ccc(O)c3[nH]c(=O)sc23)cs1. The van der Waals surface area contributed by atoms with Crippen LogP contribution in [0.2, 0.25) is 0 Å². The summed E-state index contributed by atoms with van der Waals surface area (Å²) in [6.45, 7) is 6.64. The highest BCUT2D eigenvalue weighted by atomic mass is 32.1. The van der Waals surface area contributed by atoms with Crippen LogP contribution in [-0.4, -0.2) is 33.3 Å². The zero-order valence-electron chi connectivity index (χ0n) is 15.8. The number of amides is 1.